The highest BCUT2D eigenvalue weighted by Gasteiger charge is 2.06. The molecule has 13 heavy (non-hydrogen) atoms. The lowest BCUT2D eigenvalue weighted by atomic mass is 10.4. The van der Waals surface area contributed by atoms with Gasteiger partial charge in [0.15, 0.2) is 5.44 Å². The van der Waals surface area contributed by atoms with Gasteiger partial charge < -0.3 is 10.5 Å². The van der Waals surface area contributed by atoms with Gasteiger partial charge in [-0.15, -0.1) is 0 Å². The lowest BCUT2D eigenvalue weighted by Gasteiger charge is -2.09. The predicted octanol–water partition coefficient (Wildman–Crippen LogP) is 2.22. The van der Waals surface area contributed by atoms with Gasteiger partial charge in [-0.1, -0.05) is 30.0 Å². The van der Waals surface area contributed by atoms with Gasteiger partial charge in [-0.05, 0) is 19.1 Å². The number of carbonyl (C=O) groups is 1. The van der Waals surface area contributed by atoms with E-state index in [1.807, 2.05) is 30.3 Å². The van der Waals surface area contributed by atoms with E-state index in [4.69, 9.17) is 10.5 Å². The number of primary amides is 1. The molecule has 0 spiro atoms. The van der Waals surface area contributed by atoms with Crippen molar-refractivity contribution in [3.05, 3.63) is 30.3 Å². The summed E-state index contributed by atoms with van der Waals surface area (Å²) in [6.07, 6.45) is -0.740. The highest BCUT2D eigenvalue weighted by Crippen LogP contribution is 2.22. The van der Waals surface area contributed by atoms with E-state index < -0.39 is 6.09 Å². The molecular weight excluding hydrogens is 186 g/mol. The van der Waals surface area contributed by atoms with E-state index >= 15 is 0 Å². The van der Waals surface area contributed by atoms with Gasteiger partial charge in [-0.2, -0.15) is 0 Å². The van der Waals surface area contributed by atoms with Crippen LogP contribution >= 0.6 is 11.8 Å². The third-order valence-electron chi connectivity index (χ3n) is 1.33. The van der Waals surface area contributed by atoms with E-state index in [1.54, 1.807) is 6.92 Å². The second kappa shape index (κ2) is 4.77. The van der Waals surface area contributed by atoms with Gasteiger partial charge in [0, 0.05) is 4.90 Å². The third kappa shape index (κ3) is 3.85. The molecule has 1 amide bonds. The molecule has 1 aromatic carbocycles. The number of thioether (sulfide) groups is 1. The molecule has 0 aliphatic carbocycles. The molecule has 0 heterocycles. The topological polar surface area (TPSA) is 52.3 Å². The number of carbonyl (C=O) groups excluding carboxylic acids is 1. The molecule has 4 heteroatoms. The van der Waals surface area contributed by atoms with Gasteiger partial charge in [-0.3, -0.25) is 0 Å². The summed E-state index contributed by atoms with van der Waals surface area (Å²) in [5, 5.41) is 0. The van der Waals surface area contributed by atoms with Crippen LogP contribution in [0.5, 0.6) is 0 Å². The first-order valence-corrected chi connectivity index (χ1v) is 4.74. The SMILES string of the molecule is CC(OC(N)=O)Sc1ccccc1. The second-order valence-corrected chi connectivity index (χ2v) is 3.81. The Labute approximate surface area is 81.3 Å². The van der Waals surface area contributed by atoms with Gasteiger partial charge >= 0.3 is 6.09 Å². The Bertz CT molecular complexity index is 276. The first-order chi connectivity index (χ1) is 6.18. The fraction of sp³-hybridized carbons (Fsp3) is 0.222. The predicted molar refractivity (Wildman–Crippen MR) is 52.4 cm³/mol. The Kier molecular flexibility index (Phi) is 3.64. The summed E-state index contributed by atoms with van der Waals surface area (Å²) in [5.41, 5.74) is 4.62. The lowest BCUT2D eigenvalue weighted by molar-refractivity contribution is 0.152. The molecule has 1 rings (SSSR count). The molecular formula is C9H11NO2S. The van der Waals surface area contributed by atoms with E-state index in [9.17, 15) is 4.79 Å². The first-order valence-electron chi connectivity index (χ1n) is 3.86. The zero-order valence-corrected chi connectivity index (χ0v) is 8.08. The molecule has 1 aromatic rings. The van der Waals surface area contributed by atoms with E-state index in [0.29, 0.717) is 0 Å². The maximum atomic E-state index is 10.4. The summed E-state index contributed by atoms with van der Waals surface area (Å²) < 4.78 is 4.76. The molecule has 0 aromatic heterocycles. The largest absolute Gasteiger partial charge is 0.435 e. The minimum Gasteiger partial charge on any atom is -0.435 e. The highest BCUT2D eigenvalue weighted by atomic mass is 32.2. The monoisotopic (exact) mass is 197 g/mol. The number of benzene rings is 1. The number of hydrogen-bond donors (Lipinski definition) is 1. The summed E-state index contributed by atoms with van der Waals surface area (Å²) >= 11 is 1.45. The maximum Gasteiger partial charge on any atom is 0.405 e. The summed E-state index contributed by atoms with van der Waals surface area (Å²) in [7, 11) is 0. The van der Waals surface area contributed by atoms with Crippen LogP contribution in [0.1, 0.15) is 6.92 Å². The number of nitrogens with two attached hydrogens (primary N) is 1. The lowest BCUT2D eigenvalue weighted by Crippen LogP contribution is -2.17. The van der Waals surface area contributed by atoms with Crippen LogP contribution in [-0.4, -0.2) is 11.5 Å². The number of ether oxygens (including phenoxy) is 1. The van der Waals surface area contributed by atoms with Crippen LogP contribution in [0.25, 0.3) is 0 Å². The van der Waals surface area contributed by atoms with E-state index in [-0.39, 0.29) is 5.44 Å². The highest BCUT2D eigenvalue weighted by molar-refractivity contribution is 7.99. The van der Waals surface area contributed by atoms with Crippen molar-refractivity contribution >= 4 is 17.9 Å². The molecule has 0 bridgehead atoms. The van der Waals surface area contributed by atoms with Crippen LogP contribution in [0.15, 0.2) is 35.2 Å². The van der Waals surface area contributed by atoms with Crippen molar-refractivity contribution in [3.8, 4) is 0 Å². The summed E-state index contributed by atoms with van der Waals surface area (Å²) in [5.74, 6) is 0. The second-order valence-electron chi connectivity index (χ2n) is 2.44. The Hall–Kier alpha value is -1.16. The van der Waals surface area contributed by atoms with Gasteiger partial charge in [-0.25, -0.2) is 4.79 Å². The molecule has 3 nitrogen and oxygen atoms in total. The van der Waals surface area contributed by atoms with Gasteiger partial charge in [0.05, 0.1) is 0 Å². The van der Waals surface area contributed by atoms with Crippen LogP contribution in [0.2, 0.25) is 0 Å². The number of rotatable bonds is 3. The first kappa shape index (κ1) is 9.92. The Morgan fingerprint density at radius 2 is 2.08 bits per heavy atom. The summed E-state index contributed by atoms with van der Waals surface area (Å²) in [6.45, 7) is 1.78. The average molecular weight is 197 g/mol. The standard InChI is InChI=1S/C9H11NO2S/c1-7(12-9(10)11)13-8-5-3-2-4-6-8/h2-7H,1H3,(H2,10,11). The molecule has 0 radical (unpaired) electrons. The molecule has 2 N–H and O–H groups in total. The van der Waals surface area contributed by atoms with Crippen molar-refractivity contribution < 1.29 is 9.53 Å². The van der Waals surface area contributed by atoms with Crippen molar-refractivity contribution in [2.45, 2.75) is 17.3 Å². The molecule has 0 saturated carbocycles. The third-order valence-corrected chi connectivity index (χ3v) is 2.30. The van der Waals surface area contributed by atoms with Crippen LogP contribution in [0.4, 0.5) is 4.79 Å². The van der Waals surface area contributed by atoms with Crippen molar-refractivity contribution in [2.24, 2.45) is 5.73 Å². The van der Waals surface area contributed by atoms with E-state index in [0.717, 1.165) is 4.90 Å². The molecule has 0 aliphatic rings. The minimum absolute atomic E-state index is 0.250. The Morgan fingerprint density at radius 3 is 2.62 bits per heavy atom. The quantitative estimate of drug-likeness (QED) is 0.597. The maximum absolute atomic E-state index is 10.4. The molecule has 0 aliphatic heterocycles. The molecule has 0 saturated heterocycles. The van der Waals surface area contributed by atoms with Crippen molar-refractivity contribution in [1.29, 1.82) is 0 Å². The van der Waals surface area contributed by atoms with Crippen molar-refractivity contribution in [1.82, 2.24) is 0 Å². The fourth-order valence-electron chi connectivity index (χ4n) is 0.878. The smallest absolute Gasteiger partial charge is 0.405 e. The van der Waals surface area contributed by atoms with Crippen molar-refractivity contribution in [3.63, 3.8) is 0 Å². The van der Waals surface area contributed by atoms with Crippen molar-refractivity contribution in [2.75, 3.05) is 0 Å². The Balaban J connectivity index is 2.45. The molecule has 1 atom stereocenters. The average Bonchev–Trinajstić information content (AvgIpc) is 2.04. The van der Waals surface area contributed by atoms with Gasteiger partial charge in [0.25, 0.3) is 0 Å². The number of hydrogen-bond acceptors (Lipinski definition) is 3. The van der Waals surface area contributed by atoms with Crippen LogP contribution in [0, 0.1) is 0 Å². The van der Waals surface area contributed by atoms with Gasteiger partial charge in [0.2, 0.25) is 0 Å². The summed E-state index contributed by atoms with van der Waals surface area (Å²) in [4.78, 5) is 11.4. The van der Waals surface area contributed by atoms with Crippen LogP contribution in [-0.2, 0) is 4.74 Å². The fourth-order valence-corrected chi connectivity index (χ4v) is 1.72. The molecule has 1 unspecified atom stereocenters. The van der Waals surface area contributed by atoms with Crippen LogP contribution < -0.4 is 5.73 Å². The van der Waals surface area contributed by atoms with Gasteiger partial charge in [0.1, 0.15) is 0 Å². The molecule has 70 valence electrons. The zero-order valence-electron chi connectivity index (χ0n) is 7.27. The minimum atomic E-state index is -0.740. The van der Waals surface area contributed by atoms with Crippen LogP contribution in [0.3, 0.4) is 0 Å². The molecule has 0 fully saturated rings. The normalized spacial score (nSPS) is 12.1. The number of amides is 1. The van der Waals surface area contributed by atoms with E-state index in [2.05, 4.69) is 0 Å². The summed E-state index contributed by atoms with van der Waals surface area (Å²) in [6, 6.07) is 9.69. The van der Waals surface area contributed by atoms with E-state index in [1.165, 1.54) is 11.8 Å². The zero-order chi connectivity index (χ0) is 9.68. The Morgan fingerprint density at radius 1 is 1.46 bits per heavy atom.